The molecule has 1 atom stereocenters. The summed E-state index contributed by atoms with van der Waals surface area (Å²) in [6, 6.07) is 8.37. The predicted octanol–water partition coefficient (Wildman–Crippen LogP) is 5.56. The van der Waals surface area contributed by atoms with Crippen LogP contribution in [0.5, 0.6) is 5.75 Å². The van der Waals surface area contributed by atoms with Gasteiger partial charge in [-0.1, -0.05) is 19.1 Å². The molecule has 170 valence electrons. The molecule has 4 fully saturated rings. The van der Waals surface area contributed by atoms with Crippen LogP contribution in [-0.2, 0) is 14.9 Å². The van der Waals surface area contributed by atoms with Crippen LogP contribution in [0, 0.1) is 5.41 Å². The molecule has 0 spiro atoms. The van der Waals surface area contributed by atoms with Crippen LogP contribution in [0.4, 0.5) is 4.39 Å². The summed E-state index contributed by atoms with van der Waals surface area (Å²) in [5.74, 6) is 1.15. The molecule has 5 rings (SSSR count). The number of carbonyl (C=O) groups excluding carboxylic acids is 1. The monoisotopic (exact) mass is 429 g/mol. The van der Waals surface area contributed by atoms with Crippen molar-refractivity contribution in [3.8, 4) is 5.75 Å². The van der Waals surface area contributed by atoms with E-state index in [1.807, 2.05) is 19.1 Å². The van der Waals surface area contributed by atoms with Crippen molar-refractivity contribution in [2.24, 2.45) is 5.41 Å². The molecule has 2 bridgehead atoms. The first kappa shape index (κ1) is 22.3. The molecule has 1 saturated heterocycles. The van der Waals surface area contributed by atoms with E-state index >= 15 is 0 Å². The van der Waals surface area contributed by atoms with E-state index in [0.29, 0.717) is 30.8 Å². The number of hydrogen-bond donors (Lipinski definition) is 0. The average molecular weight is 430 g/mol. The van der Waals surface area contributed by atoms with Crippen molar-refractivity contribution in [2.45, 2.75) is 76.2 Å². The summed E-state index contributed by atoms with van der Waals surface area (Å²) in [7, 11) is 1.75. The molecule has 4 aliphatic rings. The molecule has 0 radical (unpaired) electrons. The van der Waals surface area contributed by atoms with Crippen LogP contribution in [-0.4, -0.2) is 43.7 Å². The molecule has 3 saturated carbocycles. The number of carbonyl (C=O) groups is 1. The van der Waals surface area contributed by atoms with Crippen LogP contribution in [0.15, 0.2) is 36.2 Å². The quantitative estimate of drug-likeness (QED) is 0.570. The molecule has 5 heteroatoms. The molecule has 4 nitrogen and oxygen atoms in total. The van der Waals surface area contributed by atoms with Crippen molar-refractivity contribution in [1.29, 1.82) is 0 Å². The highest BCUT2D eigenvalue weighted by Gasteiger charge is 2.54. The Kier molecular flexibility index (Phi) is 6.71. The number of likely N-dealkylation sites (tertiary alicyclic amines) is 1. The third-order valence-corrected chi connectivity index (χ3v) is 8.20. The standard InChI is InChI=1S/C26H36FNO3/c1-3-20(17-27)19-31-22-8-6-21(7-9-22)25-10-13-26(14-11-25,15-12-25)24(29)28-16-4-5-23(18-28)30-2/h6-9,17,23H,3-5,10-16,18-19H2,1-2H3/b20-17+/t23-,25?,26?/m0/s1. The van der Waals surface area contributed by atoms with E-state index in [2.05, 4.69) is 17.0 Å². The van der Waals surface area contributed by atoms with E-state index in [0.717, 1.165) is 70.2 Å². The van der Waals surface area contributed by atoms with Crippen LogP contribution in [0.1, 0.15) is 70.3 Å². The number of benzene rings is 1. The number of methoxy groups -OCH3 is 1. The molecule has 1 aliphatic heterocycles. The number of fused-ring (bicyclic) bond motifs is 3. The Morgan fingerprint density at radius 1 is 1.16 bits per heavy atom. The van der Waals surface area contributed by atoms with E-state index in [4.69, 9.17) is 9.47 Å². The highest BCUT2D eigenvalue weighted by molar-refractivity contribution is 5.83. The topological polar surface area (TPSA) is 38.8 Å². The van der Waals surface area contributed by atoms with Gasteiger partial charge in [0, 0.05) is 25.6 Å². The Bertz CT molecular complexity index is 779. The van der Waals surface area contributed by atoms with Crippen LogP contribution >= 0.6 is 0 Å². The summed E-state index contributed by atoms with van der Waals surface area (Å²) in [6.45, 7) is 3.85. The fourth-order valence-electron chi connectivity index (χ4n) is 5.88. The number of nitrogens with zero attached hydrogens (tertiary/aromatic N) is 1. The van der Waals surface area contributed by atoms with E-state index in [1.54, 1.807) is 7.11 Å². The van der Waals surface area contributed by atoms with Gasteiger partial charge in [-0.15, -0.1) is 0 Å². The van der Waals surface area contributed by atoms with E-state index in [9.17, 15) is 9.18 Å². The van der Waals surface area contributed by atoms with Crippen molar-refractivity contribution in [2.75, 3.05) is 26.8 Å². The lowest BCUT2D eigenvalue weighted by atomic mass is 9.51. The SMILES string of the molecule is CC/C(=C\F)COc1ccc(C23CCC(C(=O)N4CCC[C@H](OC)C4)(CC2)CC3)cc1. The second kappa shape index (κ2) is 9.32. The van der Waals surface area contributed by atoms with Gasteiger partial charge >= 0.3 is 0 Å². The fraction of sp³-hybridized carbons (Fsp3) is 0.654. The summed E-state index contributed by atoms with van der Waals surface area (Å²) in [5.41, 5.74) is 2.05. The maximum absolute atomic E-state index is 13.5. The Morgan fingerprint density at radius 2 is 1.84 bits per heavy atom. The molecule has 0 aromatic heterocycles. The van der Waals surface area contributed by atoms with Crippen molar-refractivity contribution < 1.29 is 18.7 Å². The molecule has 0 unspecified atom stereocenters. The first-order valence-electron chi connectivity index (χ1n) is 11.9. The second-order valence-electron chi connectivity index (χ2n) is 9.75. The minimum Gasteiger partial charge on any atom is -0.489 e. The Balaban J connectivity index is 1.39. The van der Waals surface area contributed by atoms with Gasteiger partial charge in [-0.25, -0.2) is 4.39 Å². The highest BCUT2D eigenvalue weighted by Crippen LogP contribution is 2.58. The van der Waals surface area contributed by atoms with E-state index in [-0.39, 0.29) is 16.9 Å². The third kappa shape index (κ3) is 4.39. The number of rotatable bonds is 7. The Labute approximate surface area is 185 Å². The maximum atomic E-state index is 13.5. The molecule has 1 aromatic rings. The summed E-state index contributed by atoms with van der Waals surface area (Å²) in [5, 5.41) is 0. The van der Waals surface area contributed by atoms with Crippen LogP contribution in [0.2, 0.25) is 0 Å². The lowest BCUT2D eigenvalue weighted by molar-refractivity contribution is -0.153. The van der Waals surface area contributed by atoms with Crippen LogP contribution in [0.3, 0.4) is 0 Å². The van der Waals surface area contributed by atoms with Gasteiger partial charge in [0.15, 0.2) is 0 Å². The molecular weight excluding hydrogens is 393 g/mol. The summed E-state index contributed by atoms with van der Waals surface area (Å²) in [6.07, 6.45) is 9.76. The van der Waals surface area contributed by atoms with Gasteiger partial charge in [-0.05, 0) is 86.5 Å². The smallest absolute Gasteiger partial charge is 0.228 e. The summed E-state index contributed by atoms with van der Waals surface area (Å²) < 4.78 is 24.0. The summed E-state index contributed by atoms with van der Waals surface area (Å²) in [4.78, 5) is 15.6. The van der Waals surface area contributed by atoms with Gasteiger partial charge in [-0.3, -0.25) is 4.79 Å². The third-order valence-electron chi connectivity index (χ3n) is 8.20. The van der Waals surface area contributed by atoms with Crippen LogP contribution < -0.4 is 4.74 Å². The Morgan fingerprint density at radius 3 is 2.42 bits per heavy atom. The minimum absolute atomic E-state index is 0.157. The van der Waals surface area contributed by atoms with Gasteiger partial charge in [0.25, 0.3) is 0 Å². The zero-order valence-electron chi connectivity index (χ0n) is 19.0. The normalized spacial score (nSPS) is 31.0. The van der Waals surface area contributed by atoms with Crippen LogP contribution in [0.25, 0.3) is 0 Å². The summed E-state index contributed by atoms with van der Waals surface area (Å²) >= 11 is 0. The van der Waals surface area contributed by atoms with Gasteiger partial charge in [0.1, 0.15) is 12.4 Å². The van der Waals surface area contributed by atoms with E-state index in [1.165, 1.54) is 5.56 Å². The first-order chi connectivity index (χ1) is 15.0. The number of amides is 1. The first-order valence-corrected chi connectivity index (χ1v) is 11.9. The number of halogens is 1. The van der Waals surface area contributed by atoms with Gasteiger partial charge in [0.05, 0.1) is 12.4 Å². The van der Waals surface area contributed by atoms with Gasteiger partial charge in [0.2, 0.25) is 5.91 Å². The van der Waals surface area contributed by atoms with E-state index < -0.39 is 0 Å². The molecule has 1 amide bonds. The number of ether oxygens (including phenoxy) is 2. The van der Waals surface area contributed by atoms with Crippen molar-refractivity contribution in [3.63, 3.8) is 0 Å². The minimum atomic E-state index is -0.157. The van der Waals surface area contributed by atoms with Crippen molar-refractivity contribution in [1.82, 2.24) is 4.90 Å². The molecule has 0 N–H and O–H groups in total. The maximum Gasteiger partial charge on any atom is 0.228 e. The predicted molar refractivity (Wildman–Crippen MR) is 120 cm³/mol. The zero-order valence-corrected chi connectivity index (χ0v) is 19.0. The second-order valence-corrected chi connectivity index (χ2v) is 9.75. The largest absolute Gasteiger partial charge is 0.489 e. The van der Waals surface area contributed by atoms with Gasteiger partial charge in [-0.2, -0.15) is 0 Å². The lowest BCUT2D eigenvalue weighted by Gasteiger charge is -2.54. The number of piperidine rings is 1. The zero-order chi connectivity index (χ0) is 21.9. The molecule has 3 aliphatic carbocycles. The van der Waals surface area contributed by atoms with Gasteiger partial charge < -0.3 is 14.4 Å². The van der Waals surface area contributed by atoms with Crippen molar-refractivity contribution >= 4 is 5.91 Å². The van der Waals surface area contributed by atoms with Crippen molar-refractivity contribution in [3.05, 3.63) is 41.7 Å². The Hall–Kier alpha value is -1.88. The average Bonchev–Trinajstić information content (AvgIpc) is 2.85. The molecule has 1 aromatic carbocycles. The molecule has 1 heterocycles. The fourth-order valence-corrected chi connectivity index (χ4v) is 5.88. The lowest BCUT2D eigenvalue weighted by Crippen LogP contribution is -2.55. The molecule has 31 heavy (non-hydrogen) atoms. The molecular formula is C26H36FNO3. The highest BCUT2D eigenvalue weighted by atomic mass is 19.1. The number of hydrogen-bond acceptors (Lipinski definition) is 3.